The minimum Gasteiger partial charge on any atom is -0.273 e. The van der Waals surface area contributed by atoms with Gasteiger partial charge in [-0.3, -0.25) is 4.79 Å². The Balaban J connectivity index is 2.63. The number of rotatable bonds is 4. The van der Waals surface area contributed by atoms with Crippen molar-refractivity contribution in [1.82, 2.24) is 0 Å². The van der Waals surface area contributed by atoms with E-state index in [-0.39, 0.29) is 11.3 Å². The van der Waals surface area contributed by atoms with Gasteiger partial charge in [0.2, 0.25) is 5.91 Å². The van der Waals surface area contributed by atoms with Crippen LogP contribution >= 0.6 is 0 Å². The molecule has 122 valence electrons. The van der Waals surface area contributed by atoms with Gasteiger partial charge in [0.1, 0.15) is 0 Å². The second kappa shape index (κ2) is 6.54. The quantitative estimate of drug-likeness (QED) is 0.857. The molecule has 23 heavy (non-hydrogen) atoms. The standard InChI is InChI=1S/C18H21NO3S/c1-5-18(20)19(16-11-14(3)10-15(4)12-16)23(21,22)17-8-6-13(2)7-9-17/h6-12H,5H2,1-4H3. The lowest BCUT2D eigenvalue weighted by molar-refractivity contribution is -0.117. The number of amides is 1. The second-order valence-corrected chi connectivity index (χ2v) is 7.46. The highest BCUT2D eigenvalue weighted by molar-refractivity contribution is 7.93. The van der Waals surface area contributed by atoms with E-state index < -0.39 is 15.9 Å². The van der Waals surface area contributed by atoms with E-state index in [2.05, 4.69) is 0 Å². The van der Waals surface area contributed by atoms with Gasteiger partial charge in [-0.25, -0.2) is 12.7 Å². The van der Waals surface area contributed by atoms with Gasteiger partial charge in [0, 0.05) is 6.42 Å². The summed E-state index contributed by atoms with van der Waals surface area (Å²) in [5.74, 6) is -0.449. The Labute approximate surface area is 137 Å². The highest BCUT2D eigenvalue weighted by Crippen LogP contribution is 2.27. The smallest absolute Gasteiger partial charge is 0.270 e. The predicted molar refractivity (Wildman–Crippen MR) is 92.1 cm³/mol. The number of sulfonamides is 1. The maximum Gasteiger partial charge on any atom is 0.270 e. The van der Waals surface area contributed by atoms with E-state index in [1.54, 1.807) is 31.2 Å². The lowest BCUT2D eigenvalue weighted by atomic mass is 10.1. The number of benzene rings is 2. The number of anilines is 1. The molecule has 0 fully saturated rings. The number of aryl methyl sites for hydroxylation is 3. The molecule has 0 aliphatic rings. The SMILES string of the molecule is CCC(=O)N(c1cc(C)cc(C)c1)S(=O)(=O)c1ccc(C)cc1. The average Bonchev–Trinajstić information content (AvgIpc) is 2.46. The molecule has 0 radical (unpaired) electrons. The van der Waals surface area contributed by atoms with E-state index in [1.165, 1.54) is 12.1 Å². The number of carbonyl (C=O) groups is 1. The molecular formula is C18H21NO3S. The van der Waals surface area contributed by atoms with Crippen molar-refractivity contribution in [3.8, 4) is 0 Å². The van der Waals surface area contributed by atoms with Crippen molar-refractivity contribution in [3.05, 3.63) is 59.2 Å². The minimum atomic E-state index is -3.93. The largest absolute Gasteiger partial charge is 0.273 e. The number of carbonyl (C=O) groups excluding carboxylic acids is 1. The zero-order valence-electron chi connectivity index (χ0n) is 13.8. The van der Waals surface area contributed by atoms with Crippen LogP contribution in [0.3, 0.4) is 0 Å². The predicted octanol–water partition coefficient (Wildman–Crippen LogP) is 3.74. The number of hydrogen-bond donors (Lipinski definition) is 0. The van der Waals surface area contributed by atoms with Crippen molar-refractivity contribution >= 4 is 21.6 Å². The molecule has 0 spiro atoms. The summed E-state index contributed by atoms with van der Waals surface area (Å²) in [5, 5.41) is 0. The molecule has 0 aromatic heterocycles. The van der Waals surface area contributed by atoms with Crippen molar-refractivity contribution in [2.45, 2.75) is 39.0 Å². The average molecular weight is 331 g/mol. The molecule has 0 unspecified atom stereocenters. The highest BCUT2D eigenvalue weighted by atomic mass is 32.2. The van der Waals surface area contributed by atoms with Crippen LogP contribution in [0.15, 0.2) is 47.4 Å². The maximum atomic E-state index is 13.0. The minimum absolute atomic E-state index is 0.109. The fourth-order valence-corrected chi connectivity index (χ4v) is 3.91. The Morgan fingerprint density at radius 3 is 1.91 bits per heavy atom. The molecule has 0 saturated carbocycles. The first-order valence-electron chi connectivity index (χ1n) is 7.49. The van der Waals surface area contributed by atoms with Crippen molar-refractivity contribution in [1.29, 1.82) is 0 Å². The summed E-state index contributed by atoms with van der Waals surface area (Å²) in [5.41, 5.74) is 3.17. The van der Waals surface area contributed by atoms with Crippen LogP contribution in [-0.2, 0) is 14.8 Å². The first-order chi connectivity index (χ1) is 10.8. The van der Waals surface area contributed by atoms with Crippen LogP contribution in [0.2, 0.25) is 0 Å². The third-order valence-corrected chi connectivity index (χ3v) is 5.29. The van der Waals surface area contributed by atoms with E-state index in [0.717, 1.165) is 21.0 Å². The van der Waals surface area contributed by atoms with Gasteiger partial charge < -0.3 is 0 Å². The summed E-state index contributed by atoms with van der Waals surface area (Å²) in [7, 11) is -3.93. The van der Waals surface area contributed by atoms with Gasteiger partial charge in [-0.1, -0.05) is 30.7 Å². The molecule has 1 amide bonds. The van der Waals surface area contributed by atoms with Gasteiger partial charge in [0.25, 0.3) is 10.0 Å². The fraction of sp³-hybridized carbons (Fsp3) is 0.278. The van der Waals surface area contributed by atoms with Crippen LogP contribution in [0.1, 0.15) is 30.0 Å². The van der Waals surface area contributed by atoms with E-state index >= 15 is 0 Å². The van der Waals surface area contributed by atoms with Crippen molar-refractivity contribution in [3.63, 3.8) is 0 Å². The van der Waals surface area contributed by atoms with Gasteiger partial charge in [0.05, 0.1) is 10.6 Å². The van der Waals surface area contributed by atoms with Crippen LogP contribution in [0, 0.1) is 20.8 Å². The second-order valence-electron chi connectivity index (χ2n) is 5.68. The molecule has 4 nitrogen and oxygen atoms in total. The Bertz CT molecular complexity index is 804. The van der Waals surface area contributed by atoms with Crippen molar-refractivity contribution in [2.24, 2.45) is 0 Å². The normalized spacial score (nSPS) is 11.3. The summed E-state index contributed by atoms with van der Waals surface area (Å²) in [6.07, 6.45) is 0.109. The molecule has 2 aromatic rings. The van der Waals surface area contributed by atoms with Crippen LogP contribution in [0.5, 0.6) is 0 Å². The summed E-state index contributed by atoms with van der Waals surface area (Å²) >= 11 is 0. The van der Waals surface area contributed by atoms with Crippen LogP contribution in [0.4, 0.5) is 5.69 Å². The highest BCUT2D eigenvalue weighted by Gasteiger charge is 2.30. The Morgan fingerprint density at radius 2 is 1.43 bits per heavy atom. The Morgan fingerprint density at radius 1 is 0.913 bits per heavy atom. The molecule has 2 rings (SSSR count). The molecule has 0 saturated heterocycles. The summed E-state index contributed by atoms with van der Waals surface area (Å²) < 4.78 is 26.9. The van der Waals surface area contributed by atoms with Gasteiger partial charge in [-0.15, -0.1) is 0 Å². The summed E-state index contributed by atoms with van der Waals surface area (Å²) in [4.78, 5) is 12.5. The molecule has 0 aliphatic heterocycles. The maximum absolute atomic E-state index is 13.0. The molecule has 0 N–H and O–H groups in total. The molecule has 0 heterocycles. The van der Waals surface area contributed by atoms with Gasteiger partial charge >= 0.3 is 0 Å². The first-order valence-corrected chi connectivity index (χ1v) is 8.93. The lowest BCUT2D eigenvalue weighted by Gasteiger charge is -2.23. The number of nitrogens with zero attached hydrogens (tertiary/aromatic N) is 1. The van der Waals surface area contributed by atoms with Crippen molar-refractivity contribution < 1.29 is 13.2 Å². The van der Waals surface area contributed by atoms with Gasteiger partial charge in [-0.05, 0) is 56.2 Å². The van der Waals surface area contributed by atoms with E-state index in [0.29, 0.717) is 5.69 Å². The van der Waals surface area contributed by atoms with Crippen LogP contribution in [0.25, 0.3) is 0 Å². The van der Waals surface area contributed by atoms with E-state index in [9.17, 15) is 13.2 Å². The van der Waals surface area contributed by atoms with Gasteiger partial charge in [-0.2, -0.15) is 0 Å². The first kappa shape index (κ1) is 17.2. The Hall–Kier alpha value is -2.14. The van der Waals surface area contributed by atoms with E-state index in [1.807, 2.05) is 26.8 Å². The van der Waals surface area contributed by atoms with Gasteiger partial charge in [0.15, 0.2) is 0 Å². The zero-order valence-corrected chi connectivity index (χ0v) is 14.6. The molecule has 5 heteroatoms. The number of hydrogen-bond acceptors (Lipinski definition) is 3. The molecular weight excluding hydrogens is 310 g/mol. The molecule has 0 bridgehead atoms. The van der Waals surface area contributed by atoms with Crippen molar-refractivity contribution in [2.75, 3.05) is 4.31 Å². The third-order valence-electron chi connectivity index (χ3n) is 3.53. The fourth-order valence-electron chi connectivity index (χ4n) is 2.44. The topological polar surface area (TPSA) is 54.5 Å². The van der Waals surface area contributed by atoms with Crippen LogP contribution in [-0.4, -0.2) is 14.3 Å². The zero-order chi connectivity index (χ0) is 17.2. The molecule has 0 aliphatic carbocycles. The Kier molecular flexibility index (Phi) is 4.90. The summed E-state index contributed by atoms with van der Waals surface area (Å²) in [6, 6.07) is 11.9. The van der Waals surface area contributed by atoms with Crippen LogP contribution < -0.4 is 4.31 Å². The molecule has 2 aromatic carbocycles. The van der Waals surface area contributed by atoms with E-state index in [4.69, 9.17) is 0 Å². The monoisotopic (exact) mass is 331 g/mol. The third kappa shape index (κ3) is 3.62. The summed E-state index contributed by atoms with van der Waals surface area (Å²) in [6.45, 7) is 7.30. The molecule has 0 atom stereocenters. The lowest BCUT2D eigenvalue weighted by Crippen LogP contribution is -2.36.